The first kappa shape index (κ1) is 15.0. The number of allylic oxidation sites excluding steroid dienone is 1. The lowest BCUT2D eigenvalue weighted by atomic mass is 9.67. The molecule has 2 heteroatoms. The van der Waals surface area contributed by atoms with Crippen molar-refractivity contribution in [3.8, 4) is 0 Å². The van der Waals surface area contributed by atoms with Gasteiger partial charge < -0.3 is 0 Å². The summed E-state index contributed by atoms with van der Waals surface area (Å²) in [6, 6.07) is 0. The average Bonchev–Trinajstić information content (AvgIpc) is 2.39. The van der Waals surface area contributed by atoms with Gasteiger partial charge in [-0.15, -0.1) is 6.58 Å². The normalized spacial score (nSPS) is 38.9. The Labute approximate surface area is 116 Å². The lowest BCUT2D eigenvalue weighted by Crippen LogP contribution is -2.40. The minimum absolute atomic E-state index is 0.0303. The first-order valence-electron chi connectivity index (χ1n) is 8.07. The first-order chi connectivity index (χ1) is 9.06. The third kappa shape index (κ3) is 3.58. The fraction of sp³-hybridized carbons (Fsp3) is 0.882. The molecule has 0 nitrogen and oxygen atoms in total. The Bertz CT molecular complexity index is 290. The van der Waals surface area contributed by atoms with Crippen LogP contribution >= 0.6 is 0 Å². The SMILES string of the molecule is C=CC1CCC(C2CCC(CCC)CC2)C(F)(F)C1. The van der Waals surface area contributed by atoms with Gasteiger partial charge in [0, 0.05) is 12.3 Å². The number of alkyl halides is 2. The van der Waals surface area contributed by atoms with E-state index in [2.05, 4.69) is 13.5 Å². The summed E-state index contributed by atoms with van der Waals surface area (Å²) in [5, 5.41) is 0. The summed E-state index contributed by atoms with van der Waals surface area (Å²) in [7, 11) is 0. The highest BCUT2D eigenvalue weighted by Crippen LogP contribution is 2.49. The van der Waals surface area contributed by atoms with E-state index < -0.39 is 5.92 Å². The summed E-state index contributed by atoms with van der Waals surface area (Å²) < 4.78 is 28.6. The Morgan fingerprint density at radius 1 is 1.11 bits per heavy atom. The van der Waals surface area contributed by atoms with Crippen LogP contribution in [-0.4, -0.2) is 5.92 Å². The Kier molecular flexibility index (Phi) is 5.03. The highest BCUT2D eigenvalue weighted by molar-refractivity contribution is 4.95. The third-order valence-corrected chi connectivity index (χ3v) is 5.42. The van der Waals surface area contributed by atoms with E-state index in [-0.39, 0.29) is 24.2 Å². The summed E-state index contributed by atoms with van der Waals surface area (Å²) in [4.78, 5) is 0. The first-order valence-corrected chi connectivity index (χ1v) is 8.07. The second-order valence-corrected chi connectivity index (χ2v) is 6.71. The Morgan fingerprint density at radius 2 is 1.79 bits per heavy atom. The van der Waals surface area contributed by atoms with E-state index in [0.717, 1.165) is 25.2 Å². The summed E-state index contributed by atoms with van der Waals surface area (Å²) in [5.74, 6) is -1.71. The summed E-state index contributed by atoms with van der Waals surface area (Å²) >= 11 is 0. The average molecular weight is 270 g/mol. The van der Waals surface area contributed by atoms with Gasteiger partial charge in [-0.1, -0.05) is 38.7 Å². The molecule has 0 aliphatic heterocycles. The van der Waals surface area contributed by atoms with Gasteiger partial charge in [-0.05, 0) is 43.4 Å². The molecule has 2 atom stereocenters. The van der Waals surface area contributed by atoms with E-state index in [4.69, 9.17) is 0 Å². The molecule has 0 aromatic heterocycles. The van der Waals surface area contributed by atoms with E-state index in [1.54, 1.807) is 6.08 Å². The number of halogens is 2. The molecule has 2 fully saturated rings. The molecule has 0 aromatic rings. The molecule has 2 aliphatic rings. The molecular formula is C17H28F2. The van der Waals surface area contributed by atoms with Crippen molar-refractivity contribution in [1.82, 2.24) is 0 Å². The summed E-state index contributed by atoms with van der Waals surface area (Å²) in [6.07, 6.45) is 10.3. The van der Waals surface area contributed by atoms with Gasteiger partial charge in [-0.25, -0.2) is 8.78 Å². The second-order valence-electron chi connectivity index (χ2n) is 6.71. The maximum Gasteiger partial charge on any atom is 0.251 e. The van der Waals surface area contributed by atoms with Crippen LogP contribution in [0.2, 0.25) is 0 Å². The van der Waals surface area contributed by atoms with Gasteiger partial charge in [0.2, 0.25) is 0 Å². The molecule has 2 unspecified atom stereocenters. The van der Waals surface area contributed by atoms with Crippen molar-refractivity contribution in [3.63, 3.8) is 0 Å². The van der Waals surface area contributed by atoms with Gasteiger partial charge in [0.05, 0.1) is 0 Å². The molecule has 0 amide bonds. The Balaban J connectivity index is 1.90. The molecule has 0 saturated heterocycles. The largest absolute Gasteiger partial charge is 0.251 e. The van der Waals surface area contributed by atoms with E-state index in [0.29, 0.717) is 6.42 Å². The van der Waals surface area contributed by atoms with Crippen molar-refractivity contribution >= 4 is 0 Å². The van der Waals surface area contributed by atoms with Gasteiger partial charge in [-0.2, -0.15) is 0 Å². The zero-order valence-corrected chi connectivity index (χ0v) is 12.2. The number of hydrogen-bond acceptors (Lipinski definition) is 0. The van der Waals surface area contributed by atoms with Gasteiger partial charge in [0.25, 0.3) is 5.92 Å². The predicted octanol–water partition coefficient (Wildman–Crippen LogP) is 5.83. The molecular weight excluding hydrogens is 242 g/mol. The van der Waals surface area contributed by atoms with Crippen molar-refractivity contribution in [3.05, 3.63) is 12.7 Å². The zero-order chi connectivity index (χ0) is 13.9. The fourth-order valence-electron chi connectivity index (χ4n) is 4.28. The lowest BCUT2D eigenvalue weighted by Gasteiger charge is -2.42. The smallest absolute Gasteiger partial charge is 0.207 e. The molecule has 110 valence electrons. The van der Waals surface area contributed by atoms with Crippen molar-refractivity contribution in [1.29, 1.82) is 0 Å². The van der Waals surface area contributed by atoms with E-state index in [1.165, 1.54) is 25.7 Å². The van der Waals surface area contributed by atoms with Crippen molar-refractivity contribution in [2.45, 2.75) is 70.6 Å². The lowest BCUT2D eigenvalue weighted by molar-refractivity contribution is -0.122. The van der Waals surface area contributed by atoms with Crippen LogP contribution in [0.15, 0.2) is 12.7 Å². The van der Waals surface area contributed by atoms with E-state index in [1.807, 2.05) is 0 Å². The number of hydrogen-bond donors (Lipinski definition) is 0. The van der Waals surface area contributed by atoms with Gasteiger partial charge in [0.1, 0.15) is 0 Å². The highest BCUT2D eigenvalue weighted by atomic mass is 19.3. The van der Waals surface area contributed by atoms with Gasteiger partial charge >= 0.3 is 0 Å². The van der Waals surface area contributed by atoms with Crippen LogP contribution in [-0.2, 0) is 0 Å². The minimum atomic E-state index is -2.46. The van der Waals surface area contributed by atoms with Crippen LogP contribution in [0, 0.1) is 23.7 Å². The molecule has 0 heterocycles. The molecule has 0 aromatic carbocycles. The minimum Gasteiger partial charge on any atom is -0.207 e. The molecule has 2 rings (SSSR count). The van der Waals surface area contributed by atoms with Crippen LogP contribution < -0.4 is 0 Å². The Morgan fingerprint density at radius 3 is 2.32 bits per heavy atom. The van der Waals surface area contributed by atoms with Gasteiger partial charge in [-0.3, -0.25) is 0 Å². The van der Waals surface area contributed by atoms with Crippen LogP contribution in [0.5, 0.6) is 0 Å². The van der Waals surface area contributed by atoms with E-state index in [9.17, 15) is 8.78 Å². The van der Waals surface area contributed by atoms with Crippen molar-refractivity contribution in [2.24, 2.45) is 23.7 Å². The van der Waals surface area contributed by atoms with Crippen LogP contribution in [0.4, 0.5) is 8.78 Å². The molecule has 19 heavy (non-hydrogen) atoms. The third-order valence-electron chi connectivity index (χ3n) is 5.42. The molecule has 0 bridgehead atoms. The summed E-state index contributed by atoms with van der Waals surface area (Å²) in [6.45, 7) is 5.90. The maximum absolute atomic E-state index is 14.3. The maximum atomic E-state index is 14.3. The molecule has 0 spiro atoms. The second kappa shape index (κ2) is 6.37. The van der Waals surface area contributed by atoms with Crippen molar-refractivity contribution in [2.75, 3.05) is 0 Å². The van der Waals surface area contributed by atoms with E-state index >= 15 is 0 Å². The number of rotatable bonds is 4. The quantitative estimate of drug-likeness (QED) is 0.564. The van der Waals surface area contributed by atoms with Gasteiger partial charge in [0.15, 0.2) is 0 Å². The molecule has 0 N–H and O–H groups in total. The standard InChI is InChI=1S/C17H28F2/c1-3-5-14-6-9-15(10-7-14)16-11-8-13(4-2)12-17(16,18)19/h4,13-16H,2-3,5-12H2,1H3. The molecule has 0 radical (unpaired) electrons. The molecule has 2 saturated carbocycles. The van der Waals surface area contributed by atoms with Crippen LogP contribution in [0.1, 0.15) is 64.7 Å². The Hall–Kier alpha value is -0.400. The molecule has 2 aliphatic carbocycles. The predicted molar refractivity (Wildman–Crippen MR) is 76.3 cm³/mol. The zero-order valence-electron chi connectivity index (χ0n) is 12.2. The van der Waals surface area contributed by atoms with Crippen LogP contribution in [0.3, 0.4) is 0 Å². The highest BCUT2D eigenvalue weighted by Gasteiger charge is 2.48. The van der Waals surface area contributed by atoms with Crippen molar-refractivity contribution < 1.29 is 8.78 Å². The topological polar surface area (TPSA) is 0 Å². The van der Waals surface area contributed by atoms with Crippen LogP contribution in [0.25, 0.3) is 0 Å². The fourth-order valence-corrected chi connectivity index (χ4v) is 4.28. The monoisotopic (exact) mass is 270 g/mol. The summed E-state index contributed by atoms with van der Waals surface area (Å²) in [5.41, 5.74) is 0.